The van der Waals surface area contributed by atoms with Crippen LogP contribution in [0.3, 0.4) is 0 Å². The number of rotatable bonds is 3. The van der Waals surface area contributed by atoms with Crippen LogP contribution in [-0.2, 0) is 6.42 Å². The first-order valence-corrected chi connectivity index (χ1v) is 8.05. The van der Waals surface area contributed by atoms with Crippen molar-refractivity contribution in [1.29, 1.82) is 0 Å². The summed E-state index contributed by atoms with van der Waals surface area (Å²) < 4.78 is 3.17. The molecule has 3 aromatic rings. The molecule has 4 rings (SSSR count). The number of carbonyl (C=O) groups excluding carboxylic acids is 2. The summed E-state index contributed by atoms with van der Waals surface area (Å²) in [6.07, 6.45) is 4.38. The zero-order valence-electron chi connectivity index (χ0n) is 13.9. The molecular weight excluding hydrogens is 334 g/mol. The molecule has 0 radical (unpaired) electrons. The third kappa shape index (κ3) is 2.23. The van der Waals surface area contributed by atoms with Crippen LogP contribution < -0.4 is 16.6 Å². The number of nitrogen functional groups attached to an aromatic ring is 1. The molecule has 26 heavy (non-hydrogen) atoms. The van der Waals surface area contributed by atoms with Crippen molar-refractivity contribution in [2.75, 3.05) is 5.73 Å². The van der Waals surface area contributed by atoms with E-state index in [9.17, 15) is 14.4 Å². The molecule has 1 aromatic carbocycles. The van der Waals surface area contributed by atoms with Gasteiger partial charge in [0, 0.05) is 30.6 Å². The number of hydrogen-bond donors (Lipinski definition) is 2. The molecule has 2 amide bonds. The quantitative estimate of drug-likeness (QED) is 0.687. The second-order valence-corrected chi connectivity index (χ2v) is 5.86. The Labute approximate surface area is 147 Å². The highest BCUT2D eigenvalue weighted by atomic mass is 16.2. The van der Waals surface area contributed by atoms with Crippen molar-refractivity contribution < 1.29 is 9.59 Å². The number of aromatic nitrogens is 3. The molecule has 0 bridgehead atoms. The standard InChI is InChI=1S/C18H15N5O3/c1-2-13-20-7-8-22(13)10-3-5-11(6-4-10)23-14(24)9-12-15(16(23)19)18(26)21-17(12)25/h3-9H,2,19H2,1H3,(H,21,25,26). The van der Waals surface area contributed by atoms with E-state index in [1.165, 1.54) is 4.57 Å². The molecular formula is C18H15N5O3. The minimum Gasteiger partial charge on any atom is -0.384 e. The molecule has 0 atom stereocenters. The number of nitrogens with one attached hydrogen (secondary N) is 1. The SMILES string of the molecule is CCc1nccn1-c1ccc(-n2c(N)c3c(cc2=O)C(=O)NC3=O)cc1. The molecule has 0 unspecified atom stereocenters. The first-order valence-electron chi connectivity index (χ1n) is 8.05. The highest BCUT2D eigenvalue weighted by molar-refractivity contribution is 6.23. The summed E-state index contributed by atoms with van der Waals surface area (Å²) in [6, 6.07) is 8.26. The Morgan fingerprint density at radius 3 is 2.46 bits per heavy atom. The fraction of sp³-hybridized carbons (Fsp3) is 0.111. The molecule has 0 saturated carbocycles. The van der Waals surface area contributed by atoms with Gasteiger partial charge in [-0.2, -0.15) is 0 Å². The monoisotopic (exact) mass is 349 g/mol. The molecule has 1 aliphatic heterocycles. The molecule has 3 N–H and O–H groups in total. The average molecular weight is 349 g/mol. The van der Waals surface area contributed by atoms with Crippen LogP contribution in [0.2, 0.25) is 0 Å². The van der Waals surface area contributed by atoms with E-state index in [4.69, 9.17) is 5.73 Å². The van der Waals surface area contributed by atoms with Crippen molar-refractivity contribution in [3.63, 3.8) is 0 Å². The Morgan fingerprint density at radius 2 is 1.77 bits per heavy atom. The lowest BCUT2D eigenvalue weighted by atomic mass is 10.1. The van der Waals surface area contributed by atoms with Crippen molar-refractivity contribution in [2.24, 2.45) is 0 Å². The summed E-state index contributed by atoms with van der Waals surface area (Å²) in [4.78, 5) is 40.4. The van der Waals surface area contributed by atoms with Crippen LogP contribution in [0, 0.1) is 0 Å². The van der Waals surface area contributed by atoms with Gasteiger partial charge in [0.2, 0.25) is 0 Å². The smallest absolute Gasteiger partial charge is 0.262 e. The van der Waals surface area contributed by atoms with E-state index in [0.717, 1.165) is 24.0 Å². The van der Waals surface area contributed by atoms with Crippen LogP contribution in [0.15, 0.2) is 47.5 Å². The van der Waals surface area contributed by atoms with Gasteiger partial charge < -0.3 is 10.3 Å². The van der Waals surface area contributed by atoms with E-state index in [2.05, 4.69) is 10.3 Å². The number of imidazole rings is 1. The Balaban J connectivity index is 1.82. The van der Waals surface area contributed by atoms with E-state index in [-0.39, 0.29) is 16.9 Å². The number of hydrogen-bond acceptors (Lipinski definition) is 5. The van der Waals surface area contributed by atoms with Gasteiger partial charge in [-0.15, -0.1) is 0 Å². The predicted octanol–water partition coefficient (Wildman–Crippen LogP) is 1.05. The van der Waals surface area contributed by atoms with Gasteiger partial charge >= 0.3 is 0 Å². The minimum atomic E-state index is -0.608. The van der Waals surface area contributed by atoms with Crippen LogP contribution in [0.25, 0.3) is 11.4 Å². The molecule has 3 heterocycles. The van der Waals surface area contributed by atoms with E-state index >= 15 is 0 Å². The number of fused-ring (bicyclic) bond motifs is 1. The maximum absolute atomic E-state index is 12.4. The molecule has 0 saturated heterocycles. The summed E-state index contributed by atoms with van der Waals surface area (Å²) in [5, 5.41) is 2.15. The summed E-state index contributed by atoms with van der Waals surface area (Å²) >= 11 is 0. The fourth-order valence-electron chi connectivity index (χ4n) is 3.14. The molecule has 130 valence electrons. The number of benzene rings is 1. The van der Waals surface area contributed by atoms with Crippen LogP contribution in [0.4, 0.5) is 5.82 Å². The Bertz CT molecular complexity index is 1110. The minimum absolute atomic E-state index is 0.0105. The average Bonchev–Trinajstić information content (AvgIpc) is 3.20. The fourth-order valence-corrected chi connectivity index (χ4v) is 3.14. The van der Waals surface area contributed by atoms with Crippen LogP contribution in [0.1, 0.15) is 33.5 Å². The number of amides is 2. The third-order valence-corrected chi connectivity index (χ3v) is 4.37. The number of anilines is 1. The number of nitrogens with two attached hydrogens (primary N) is 1. The first kappa shape index (κ1) is 15.8. The molecule has 8 nitrogen and oxygen atoms in total. The molecule has 0 aliphatic carbocycles. The van der Waals surface area contributed by atoms with Gasteiger partial charge in [0.25, 0.3) is 17.4 Å². The van der Waals surface area contributed by atoms with Crippen molar-refractivity contribution in [1.82, 2.24) is 19.4 Å². The molecule has 0 spiro atoms. The van der Waals surface area contributed by atoms with Crippen molar-refractivity contribution >= 4 is 17.6 Å². The van der Waals surface area contributed by atoms with Crippen LogP contribution in [0.5, 0.6) is 0 Å². The lowest BCUT2D eigenvalue weighted by Crippen LogP contribution is -2.24. The van der Waals surface area contributed by atoms with E-state index in [1.807, 2.05) is 29.8 Å². The van der Waals surface area contributed by atoms with E-state index in [1.54, 1.807) is 18.3 Å². The largest absolute Gasteiger partial charge is 0.384 e. The maximum Gasteiger partial charge on any atom is 0.262 e. The second kappa shape index (κ2) is 5.69. The highest BCUT2D eigenvalue weighted by Crippen LogP contribution is 2.23. The Hall–Kier alpha value is -3.68. The van der Waals surface area contributed by atoms with E-state index < -0.39 is 17.4 Å². The number of pyridine rings is 1. The van der Waals surface area contributed by atoms with Crippen molar-refractivity contribution in [3.8, 4) is 11.4 Å². The summed E-state index contributed by atoms with van der Waals surface area (Å²) in [6.45, 7) is 2.02. The molecule has 8 heteroatoms. The first-order chi connectivity index (χ1) is 12.5. The number of carbonyl (C=O) groups is 2. The summed E-state index contributed by atoms with van der Waals surface area (Å²) in [5.41, 5.74) is 6.99. The van der Waals surface area contributed by atoms with Gasteiger partial charge in [-0.25, -0.2) is 4.98 Å². The van der Waals surface area contributed by atoms with Gasteiger partial charge in [0.15, 0.2) is 0 Å². The van der Waals surface area contributed by atoms with Gasteiger partial charge in [-0.3, -0.25) is 24.3 Å². The maximum atomic E-state index is 12.4. The number of nitrogens with zero attached hydrogens (tertiary/aromatic N) is 3. The second-order valence-electron chi connectivity index (χ2n) is 5.86. The van der Waals surface area contributed by atoms with Gasteiger partial charge in [-0.05, 0) is 24.3 Å². The Kier molecular flexibility index (Phi) is 3.47. The van der Waals surface area contributed by atoms with Gasteiger partial charge in [0.1, 0.15) is 11.6 Å². The molecule has 0 fully saturated rings. The molecule has 1 aliphatic rings. The van der Waals surface area contributed by atoms with Crippen LogP contribution >= 0.6 is 0 Å². The number of aryl methyl sites for hydroxylation is 1. The highest BCUT2D eigenvalue weighted by Gasteiger charge is 2.31. The van der Waals surface area contributed by atoms with Crippen molar-refractivity contribution in [2.45, 2.75) is 13.3 Å². The van der Waals surface area contributed by atoms with E-state index in [0.29, 0.717) is 5.69 Å². The lowest BCUT2D eigenvalue weighted by Gasteiger charge is -2.13. The van der Waals surface area contributed by atoms with Gasteiger partial charge in [0.05, 0.1) is 16.8 Å². The molecule has 2 aromatic heterocycles. The summed E-state index contributed by atoms with van der Waals surface area (Å²) in [7, 11) is 0. The normalized spacial score (nSPS) is 13.0. The van der Waals surface area contributed by atoms with Crippen LogP contribution in [-0.4, -0.2) is 25.9 Å². The zero-order valence-corrected chi connectivity index (χ0v) is 13.9. The van der Waals surface area contributed by atoms with Gasteiger partial charge in [-0.1, -0.05) is 6.92 Å². The zero-order chi connectivity index (χ0) is 18.4. The topological polar surface area (TPSA) is 112 Å². The lowest BCUT2D eigenvalue weighted by molar-refractivity contribution is 0.0880. The van der Waals surface area contributed by atoms with Crippen molar-refractivity contribution in [3.05, 3.63) is 70.0 Å². The Morgan fingerprint density at radius 1 is 1.08 bits per heavy atom. The summed E-state index contributed by atoms with van der Waals surface area (Å²) in [5.74, 6) is -0.343. The number of imide groups is 1. The third-order valence-electron chi connectivity index (χ3n) is 4.37. The predicted molar refractivity (Wildman–Crippen MR) is 94.7 cm³/mol.